The van der Waals surface area contributed by atoms with Crippen molar-refractivity contribution < 1.29 is 24.2 Å². The zero-order valence-corrected chi connectivity index (χ0v) is 41.4. The number of unbranched alkanes of at least 4 members (excludes halogenated alkanes) is 5. The highest BCUT2D eigenvalue weighted by atomic mass is 16.6. The summed E-state index contributed by atoms with van der Waals surface area (Å²) < 4.78 is 10.6. The van der Waals surface area contributed by atoms with Gasteiger partial charge in [0.25, 0.3) is 0 Å². The van der Waals surface area contributed by atoms with Crippen molar-refractivity contribution in [3.63, 3.8) is 0 Å². The van der Waals surface area contributed by atoms with Crippen LogP contribution in [-0.2, 0) is 19.1 Å². The monoisotopic (exact) mass is 903 g/mol. The molecule has 0 fully saturated rings. The summed E-state index contributed by atoms with van der Waals surface area (Å²) in [5.41, 5.74) is 0. The van der Waals surface area contributed by atoms with E-state index in [1.165, 1.54) is 0 Å². The van der Waals surface area contributed by atoms with E-state index in [2.05, 4.69) is 196 Å². The van der Waals surface area contributed by atoms with Crippen LogP contribution in [0.3, 0.4) is 0 Å². The smallest absolute Gasteiger partial charge is 0.306 e. The number of hydrogen-bond donors (Lipinski definition) is 1. The van der Waals surface area contributed by atoms with Gasteiger partial charge in [-0.2, -0.15) is 0 Å². The van der Waals surface area contributed by atoms with Crippen LogP contribution >= 0.6 is 0 Å². The first kappa shape index (κ1) is 61.0. The van der Waals surface area contributed by atoms with Crippen LogP contribution in [0, 0.1) is 0 Å². The molecular weight excluding hydrogens is 813 g/mol. The molecule has 0 bridgehead atoms. The minimum atomic E-state index is -0.824. The van der Waals surface area contributed by atoms with Crippen LogP contribution in [0.1, 0.15) is 168 Å². The van der Waals surface area contributed by atoms with Crippen LogP contribution < -0.4 is 0 Å². The predicted molar refractivity (Wildman–Crippen MR) is 287 cm³/mol. The van der Waals surface area contributed by atoms with Crippen LogP contribution in [0.5, 0.6) is 0 Å². The molecule has 0 aromatic heterocycles. The number of aliphatic hydroxyl groups is 1. The van der Waals surface area contributed by atoms with Crippen LogP contribution in [0.25, 0.3) is 0 Å². The molecule has 364 valence electrons. The highest BCUT2D eigenvalue weighted by Crippen LogP contribution is 2.09. The summed E-state index contributed by atoms with van der Waals surface area (Å²) in [5, 5.41) is 9.61. The second-order valence-electron chi connectivity index (χ2n) is 15.8. The molecule has 0 rings (SSSR count). The normalized spacial score (nSPS) is 13.8. The zero-order valence-electron chi connectivity index (χ0n) is 41.4. The Hall–Kier alpha value is -5.00. The summed E-state index contributed by atoms with van der Waals surface area (Å²) in [7, 11) is 0. The SMILES string of the molecule is CC/C=C\C/C=C\C/C=C\C/C=C\C/C=C\C/C=C\C/C=C\C/C=C\C/C=C\C/C=C\CCCCCCC(=O)OC(CO)COC(=O)CCC/C=C\C/C=C\C/C=C\C/C=C\C/C=C\CC. The Morgan fingerprint density at radius 1 is 0.348 bits per heavy atom. The number of carbonyl (C=O) groups is 2. The Balaban J connectivity index is 3.75. The van der Waals surface area contributed by atoms with E-state index in [9.17, 15) is 14.7 Å². The first-order valence-electron chi connectivity index (χ1n) is 25.3. The number of hydrogen-bond acceptors (Lipinski definition) is 5. The molecule has 66 heavy (non-hydrogen) atoms. The fourth-order valence-corrected chi connectivity index (χ4v) is 5.97. The van der Waals surface area contributed by atoms with E-state index in [-0.39, 0.29) is 31.6 Å². The topological polar surface area (TPSA) is 72.8 Å². The van der Waals surface area contributed by atoms with Crippen molar-refractivity contribution in [2.75, 3.05) is 13.2 Å². The lowest BCUT2D eigenvalue weighted by atomic mass is 10.1. The summed E-state index contributed by atoms with van der Waals surface area (Å²) in [6, 6.07) is 0. The van der Waals surface area contributed by atoms with Gasteiger partial charge in [-0.1, -0.05) is 209 Å². The van der Waals surface area contributed by atoms with Gasteiger partial charge in [-0.3, -0.25) is 9.59 Å². The molecule has 0 aromatic rings. The quantitative estimate of drug-likeness (QED) is 0.0375. The minimum Gasteiger partial charge on any atom is -0.462 e. The number of ether oxygens (including phenoxy) is 2. The number of esters is 2. The van der Waals surface area contributed by atoms with Crippen molar-refractivity contribution in [2.24, 2.45) is 0 Å². The standard InChI is InChI=1S/C61H90O5/c1-3-5-7-9-11-13-15-17-19-21-22-23-24-25-26-27-28-29-30-31-32-33-34-35-36-37-38-40-42-44-46-48-50-52-54-56-61(64)66-59(57-62)58-65-60(63)55-53-51-49-47-45-43-41-39-20-18-16-14-12-10-8-6-4-2/h5-8,11-14,17-20,22-23,25-26,28-29,31-32,34-35,37-38,41-44,47,49,59,62H,3-4,9-10,15-16,21,24,27,30,33,36,39-40,45-46,48,50-58H2,1-2H3/b7-5-,8-6-,13-11-,14-12-,19-17-,20-18-,23-22-,26-25-,29-28-,32-31-,35-34-,38-37-,43-41-,44-42-,49-47-. The molecule has 0 heterocycles. The van der Waals surface area contributed by atoms with Gasteiger partial charge in [0.15, 0.2) is 6.10 Å². The molecule has 5 heteroatoms. The third kappa shape index (κ3) is 51.6. The first-order valence-corrected chi connectivity index (χ1v) is 25.3. The summed E-state index contributed by atoms with van der Waals surface area (Å²) in [4.78, 5) is 24.4. The average Bonchev–Trinajstić information content (AvgIpc) is 3.32. The molecule has 1 N–H and O–H groups in total. The number of aliphatic hydroxyl groups excluding tert-OH is 1. The van der Waals surface area contributed by atoms with Crippen molar-refractivity contribution in [1.29, 1.82) is 0 Å². The summed E-state index contributed by atoms with van der Waals surface area (Å²) >= 11 is 0. The van der Waals surface area contributed by atoms with E-state index in [4.69, 9.17) is 9.47 Å². The van der Waals surface area contributed by atoms with E-state index in [0.717, 1.165) is 135 Å². The number of rotatable bonds is 43. The molecule has 0 saturated carbocycles. The highest BCUT2D eigenvalue weighted by Gasteiger charge is 2.16. The zero-order chi connectivity index (χ0) is 47.7. The molecule has 1 atom stereocenters. The molecule has 0 aromatic carbocycles. The van der Waals surface area contributed by atoms with Gasteiger partial charge in [0.1, 0.15) is 6.61 Å². The third-order valence-corrected chi connectivity index (χ3v) is 9.69. The van der Waals surface area contributed by atoms with Gasteiger partial charge in [-0.25, -0.2) is 0 Å². The molecule has 1 unspecified atom stereocenters. The fraction of sp³-hybridized carbons (Fsp3) is 0.475. The molecular formula is C61H90O5. The maximum atomic E-state index is 12.3. The first-order chi connectivity index (χ1) is 32.6. The van der Waals surface area contributed by atoms with Gasteiger partial charge in [0.05, 0.1) is 6.61 Å². The molecule has 0 aliphatic rings. The lowest BCUT2D eigenvalue weighted by Crippen LogP contribution is -2.28. The van der Waals surface area contributed by atoms with Gasteiger partial charge in [-0.05, 0) is 128 Å². The molecule has 0 aliphatic carbocycles. The number of carbonyl (C=O) groups excluding carboxylic acids is 2. The van der Waals surface area contributed by atoms with Gasteiger partial charge in [-0.15, -0.1) is 0 Å². The van der Waals surface area contributed by atoms with E-state index < -0.39 is 6.10 Å². The molecule has 0 spiro atoms. The van der Waals surface area contributed by atoms with Crippen molar-refractivity contribution in [1.82, 2.24) is 0 Å². The maximum Gasteiger partial charge on any atom is 0.306 e. The van der Waals surface area contributed by atoms with Gasteiger partial charge < -0.3 is 14.6 Å². The van der Waals surface area contributed by atoms with E-state index in [1.54, 1.807) is 0 Å². The van der Waals surface area contributed by atoms with Gasteiger partial charge >= 0.3 is 11.9 Å². The summed E-state index contributed by atoms with van der Waals surface area (Å²) in [5.74, 6) is -0.708. The molecule has 0 amide bonds. The Bertz CT molecular complexity index is 1580. The predicted octanol–water partition coefficient (Wildman–Crippen LogP) is 17.2. The molecule has 5 nitrogen and oxygen atoms in total. The van der Waals surface area contributed by atoms with E-state index in [0.29, 0.717) is 12.8 Å². The lowest BCUT2D eigenvalue weighted by Gasteiger charge is -2.15. The lowest BCUT2D eigenvalue weighted by molar-refractivity contribution is -0.161. The van der Waals surface area contributed by atoms with Crippen molar-refractivity contribution in [3.05, 3.63) is 182 Å². The van der Waals surface area contributed by atoms with Gasteiger partial charge in [0, 0.05) is 12.8 Å². The fourth-order valence-electron chi connectivity index (χ4n) is 5.97. The van der Waals surface area contributed by atoms with Crippen molar-refractivity contribution >= 4 is 11.9 Å². The Morgan fingerprint density at radius 3 is 0.939 bits per heavy atom. The third-order valence-electron chi connectivity index (χ3n) is 9.69. The average molecular weight is 903 g/mol. The second kappa shape index (κ2) is 54.3. The molecule has 0 radical (unpaired) electrons. The van der Waals surface area contributed by atoms with Crippen molar-refractivity contribution in [3.8, 4) is 0 Å². The van der Waals surface area contributed by atoms with Crippen LogP contribution in [-0.4, -0.2) is 36.4 Å². The Morgan fingerprint density at radius 2 is 0.621 bits per heavy atom. The Kier molecular flexibility index (Phi) is 50.2. The van der Waals surface area contributed by atoms with Crippen LogP contribution in [0.15, 0.2) is 182 Å². The minimum absolute atomic E-state index is 0.120. The second-order valence-corrected chi connectivity index (χ2v) is 15.8. The summed E-state index contributed by atoms with van der Waals surface area (Å²) in [6.07, 6.45) is 87.0. The number of allylic oxidation sites excluding steroid dienone is 30. The molecule has 0 saturated heterocycles. The van der Waals surface area contributed by atoms with E-state index in [1.807, 2.05) is 0 Å². The van der Waals surface area contributed by atoms with Crippen molar-refractivity contribution in [2.45, 2.75) is 174 Å². The Labute approximate surface area is 404 Å². The largest absolute Gasteiger partial charge is 0.462 e. The maximum absolute atomic E-state index is 12.3. The molecule has 0 aliphatic heterocycles. The van der Waals surface area contributed by atoms with Crippen LogP contribution in [0.4, 0.5) is 0 Å². The van der Waals surface area contributed by atoms with Gasteiger partial charge in [0.2, 0.25) is 0 Å². The van der Waals surface area contributed by atoms with E-state index >= 15 is 0 Å². The summed E-state index contributed by atoms with van der Waals surface area (Å²) in [6.45, 7) is 3.81. The highest BCUT2D eigenvalue weighted by molar-refractivity contribution is 5.70. The van der Waals surface area contributed by atoms with Crippen LogP contribution in [0.2, 0.25) is 0 Å².